The smallest absolute Gasteiger partial charge is 0.339 e. The molecule has 2 heterocycles. The molecule has 2 N–H and O–H groups in total. The molecule has 0 radical (unpaired) electrons. The summed E-state index contributed by atoms with van der Waals surface area (Å²) in [4.78, 5) is 39.9. The molecular weight excluding hydrogens is 561 g/mol. The third-order valence-electron chi connectivity index (χ3n) is 8.27. The van der Waals surface area contributed by atoms with E-state index in [4.69, 9.17) is 0 Å². The summed E-state index contributed by atoms with van der Waals surface area (Å²) in [5, 5.41) is 9.63. The van der Waals surface area contributed by atoms with E-state index in [1.54, 1.807) is 10.7 Å². The molecule has 2 aromatic rings. The second-order valence-electron chi connectivity index (χ2n) is 11.9. The molecule has 2 aliphatic carbocycles. The Labute approximate surface area is 240 Å². The Hall–Kier alpha value is -3.51. The summed E-state index contributed by atoms with van der Waals surface area (Å²) in [5.74, 6) is -2.45. The zero-order chi connectivity index (χ0) is 30.3. The fraction of sp³-hybridized carbons (Fsp3) is 0.586. The number of rotatable bonds is 10. The van der Waals surface area contributed by atoms with Gasteiger partial charge in [-0.25, -0.2) is 8.78 Å². The fourth-order valence-electron chi connectivity index (χ4n) is 5.98. The summed E-state index contributed by atoms with van der Waals surface area (Å²) < 4.78 is 70.2. The van der Waals surface area contributed by atoms with E-state index >= 15 is 4.39 Å². The largest absolute Gasteiger partial charge is 0.408 e. The van der Waals surface area contributed by atoms with E-state index in [0.29, 0.717) is 10.6 Å². The number of anilines is 1. The van der Waals surface area contributed by atoms with Gasteiger partial charge in [-0.2, -0.15) is 18.3 Å². The van der Waals surface area contributed by atoms with Crippen molar-refractivity contribution < 1.29 is 36.3 Å². The standard InChI is InChI=1S/C29H34F5N5O3/c1-15(2)39-22(9-10-35-39)27(41)37-26(25(17-4-5-17)18-6-7-18)28(42)36-21-8-3-16(11-20(21)31)12-24(40)38-14-19(30)13-23(38)29(32,33)34/h3,8-11,15,17-19,23,25-26H,4-7,12-14H2,1-2H3,(H,36,42)(H,37,41). The Morgan fingerprint density at radius 3 is 2.31 bits per heavy atom. The number of amides is 3. The molecule has 3 amide bonds. The molecule has 1 aromatic carbocycles. The van der Waals surface area contributed by atoms with E-state index in [2.05, 4.69) is 15.7 Å². The Morgan fingerprint density at radius 2 is 1.74 bits per heavy atom. The van der Waals surface area contributed by atoms with Crippen molar-refractivity contribution in [1.82, 2.24) is 20.0 Å². The van der Waals surface area contributed by atoms with Crippen molar-refractivity contribution in [2.45, 2.75) is 82.8 Å². The van der Waals surface area contributed by atoms with Crippen LogP contribution in [0.4, 0.5) is 27.6 Å². The van der Waals surface area contributed by atoms with Gasteiger partial charge in [0.05, 0.1) is 18.7 Å². The zero-order valence-electron chi connectivity index (χ0n) is 23.3. The molecule has 42 heavy (non-hydrogen) atoms. The number of halogens is 5. The maximum Gasteiger partial charge on any atom is 0.408 e. The number of carbonyl (C=O) groups is 3. The zero-order valence-corrected chi connectivity index (χ0v) is 23.3. The van der Waals surface area contributed by atoms with Crippen LogP contribution >= 0.6 is 0 Å². The van der Waals surface area contributed by atoms with Gasteiger partial charge >= 0.3 is 6.18 Å². The fourth-order valence-corrected chi connectivity index (χ4v) is 5.98. The number of nitrogens with one attached hydrogen (secondary N) is 2. The summed E-state index contributed by atoms with van der Waals surface area (Å²) >= 11 is 0. The molecule has 1 aromatic heterocycles. The SMILES string of the molecule is CC(C)n1nccc1C(=O)NC(C(=O)Nc1ccc(CC(=O)N2CC(F)CC2C(F)(F)F)cc1F)C(C1CC1)C1CC1. The molecule has 0 bridgehead atoms. The molecule has 0 spiro atoms. The average Bonchev–Trinajstić information content (AvgIpc) is 3.83. The minimum absolute atomic E-state index is 0.0827. The summed E-state index contributed by atoms with van der Waals surface area (Å²) in [6, 6.07) is 1.87. The van der Waals surface area contributed by atoms with Crippen molar-refractivity contribution in [3.05, 3.63) is 47.5 Å². The van der Waals surface area contributed by atoms with Crippen molar-refractivity contribution >= 4 is 23.4 Å². The topological polar surface area (TPSA) is 96.3 Å². The van der Waals surface area contributed by atoms with Crippen LogP contribution < -0.4 is 10.6 Å². The van der Waals surface area contributed by atoms with Crippen LogP contribution in [0.2, 0.25) is 0 Å². The van der Waals surface area contributed by atoms with Crippen molar-refractivity contribution in [2.75, 3.05) is 11.9 Å². The Kier molecular flexibility index (Phi) is 8.30. The molecule has 3 aliphatic rings. The van der Waals surface area contributed by atoms with Gasteiger partial charge in [0.1, 0.15) is 29.8 Å². The molecule has 13 heteroatoms. The van der Waals surface area contributed by atoms with E-state index in [9.17, 15) is 31.9 Å². The van der Waals surface area contributed by atoms with Gasteiger partial charge < -0.3 is 15.5 Å². The van der Waals surface area contributed by atoms with Crippen LogP contribution in [0.1, 0.15) is 68.0 Å². The average molecular weight is 596 g/mol. The van der Waals surface area contributed by atoms with E-state index < -0.39 is 67.4 Å². The van der Waals surface area contributed by atoms with Gasteiger partial charge in [-0.05, 0) is 81.0 Å². The van der Waals surface area contributed by atoms with Crippen molar-refractivity contribution in [1.29, 1.82) is 0 Å². The minimum atomic E-state index is -4.77. The molecular formula is C29H34F5N5O3. The molecule has 3 unspecified atom stereocenters. The number of hydrogen-bond acceptors (Lipinski definition) is 4. The first-order chi connectivity index (χ1) is 19.8. The minimum Gasteiger partial charge on any atom is -0.339 e. The number of aromatic nitrogens is 2. The monoisotopic (exact) mass is 595 g/mol. The number of likely N-dealkylation sites (tertiary alicyclic amines) is 1. The highest BCUT2D eigenvalue weighted by Crippen LogP contribution is 2.51. The van der Waals surface area contributed by atoms with Gasteiger partial charge in [-0.15, -0.1) is 0 Å². The normalized spacial score (nSPS) is 21.6. The molecule has 3 fully saturated rings. The number of nitrogens with zero attached hydrogens (tertiary/aromatic N) is 3. The first kappa shape index (κ1) is 30.0. The third-order valence-corrected chi connectivity index (χ3v) is 8.27. The highest BCUT2D eigenvalue weighted by Gasteiger charge is 2.51. The van der Waals surface area contributed by atoms with E-state index in [-0.39, 0.29) is 35.0 Å². The lowest BCUT2D eigenvalue weighted by Crippen LogP contribution is -2.50. The summed E-state index contributed by atoms with van der Waals surface area (Å²) in [6.45, 7) is 3.08. The molecule has 228 valence electrons. The van der Waals surface area contributed by atoms with Gasteiger partial charge in [-0.3, -0.25) is 19.1 Å². The van der Waals surface area contributed by atoms with E-state index in [1.807, 2.05) is 13.8 Å². The Balaban J connectivity index is 1.30. The predicted molar refractivity (Wildman–Crippen MR) is 143 cm³/mol. The van der Waals surface area contributed by atoms with Crippen LogP contribution in [0.5, 0.6) is 0 Å². The first-order valence-electron chi connectivity index (χ1n) is 14.3. The molecule has 5 rings (SSSR count). The van der Waals surface area contributed by atoms with Crippen LogP contribution in [0.15, 0.2) is 30.5 Å². The Bertz CT molecular complexity index is 1330. The highest BCUT2D eigenvalue weighted by molar-refractivity contribution is 6.01. The second-order valence-corrected chi connectivity index (χ2v) is 11.9. The quantitative estimate of drug-likeness (QED) is 0.385. The Morgan fingerprint density at radius 1 is 1.07 bits per heavy atom. The predicted octanol–water partition coefficient (Wildman–Crippen LogP) is 4.82. The van der Waals surface area contributed by atoms with Gasteiger partial charge in [0.2, 0.25) is 11.8 Å². The lowest BCUT2D eigenvalue weighted by Gasteiger charge is -2.28. The summed E-state index contributed by atoms with van der Waals surface area (Å²) in [6.07, 6.45) is -2.66. The lowest BCUT2D eigenvalue weighted by molar-refractivity contribution is -0.182. The lowest BCUT2D eigenvalue weighted by atomic mass is 9.88. The maximum absolute atomic E-state index is 15.1. The summed E-state index contributed by atoms with van der Waals surface area (Å²) in [5.41, 5.74) is 0.198. The third kappa shape index (κ3) is 6.59. The second kappa shape index (κ2) is 11.6. The van der Waals surface area contributed by atoms with Gasteiger partial charge in [0.25, 0.3) is 5.91 Å². The van der Waals surface area contributed by atoms with Crippen molar-refractivity contribution in [3.63, 3.8) is 0 Å². The number of carbonyl (C=O) groups excluding carboxylic acids is 3. The van der Waals surface area contributed by atoms with Gasteiger partial charge in [0, 0.05) is 18.7 Å². The molecule has 2 saturated carbocycles. The highest BCUT2D eigenvalue weighted by atomic mass is 19.4. The van der Waals surface area contributed by atoms with Gasteiger partial charge in [-0.1, -0.05) is 6.07 Å². The number of benzene rings is 1. The first-order valence-corrected chi connectivity index (χ1v) is 14.3. The molecule has 1 aliphatic heterocycles. The number of hydrogen-bond donors (Lipinski definition) is 2. The van der Waals surface area contributed by atoms with Crippen LogP contribution in [-0.4, -0.2) is 63.4 Å². The van der Waals surface area contributed by atoms with Crippen LogP contribution in [0, 0.1) is 23.6 Å². The van der Waals surface area contributed by atoms with E-state index in [1.165, 1.54) is 18.3 Å². The number of alkyl halides is 4. The van der Waals surface area contributed by atoms with Crippen LogP contribution in [0.25, 0.3) is 0 Å². The van der Waals surface area contributed by atoms with Gasteiger partial charge in [0.15, 0.2) is 0 Å². The maximum atomic E-state index is 15.1. The van der Waals surface area contributed by atoms with Crippen LogP contribution in [0.3, 0.4) is 0 Å². The summed E-state index contributed by atoms with van der Waals surface area (Å²) in [7, 11) is 0. The van der Waals surface area contributed by atoms with Crippen molar-refractivity contribution in [2.24, 2.45) is 17.8 Å². The van der Waals surface area contributed by atoms with Crippen LogP contribution in [-0.2, 0) is 16.0 Å². The van der Waals surface area contributed by atoms with E-state index in [0.717, 1.165) is 31.7 Å². The molecule has 3 atom stereocenters. The molecule has 1 saturated heterocycles. The van der Waals surface area contributed by atoms with Crippen molar-refractivity contribution in [3.8, 4) is 0 Å². The molecule has 8 nitrogen and oxygen atoms in total.